The second kappa shape index (κ2) is 4.68. The van der Waals surface area contributed by atoms with Gasteiger partial charge in [0.1, 0.15) is 5.82 Å². The van der Waals surface area contributed by atoms with Gasteiger partial charge < -0.3 is 9.67 Å². The van der Waals surface area contributed by atoms with E-state index in [0.717, 1.165) is 17.1 Å². The third-order valence-corrected chi connectivity index (χ3v) is 2.85. The smallest absolute Gasteiger partial charge is 0.151 e. The topological polar surface area (TPSA) is 38.0 Å². The van der Waals surface area contributed by atoms with Crippen LogP contribution in [0.2, 0.25) is 5.15 Å². The number of hydrogen-bond acceptors (Lipinski definition) is 2. The van der Waals surface area contributed by atoms with Crippen LogP contribution in [0.4, 0.5) is 0 Å². The predicted molar refractivity (Wildman–Crippen MR) is 64.4 cm³/mol. The molecule has 0 unspecified atom stereocenters. The molecule has 0 amide bonds. The summed E-state index contributed by atoms with van der Waals surface area (Å²) in [5.74, 6) is 0.828. The third-order valence-electron chi connectivity index (χ3n) is 2.55. The zero-order valence-corrected chi connectivity index (χ0v) is 9.78. The minimum absolute atomic E-state index is 0.0769. The van der Waals surface area contributed by atoms with Gasteiger partial charge in [0.05, 0.1) is 5.69 Å². The summed E-state index contributed by atoms with van der Waals surface area (Å²) in [6.07, 6.45) is 0.523. The van der Waals surface area contributed by atoms with E-state index in [1.54, 1.807) is 0 Å². The summed E-state index contributed by atoms with van der Waals surface area (Å²) < 4.78 is 1.92. The Bertz CT molecular complexity index is 479. The summed E-state index contributed by atoms with van der Waals surface area (Å²) in [5.41, 5.74) is 1.89. The van der Waals surface area contributed by atoms with Crippen LogP contribution in [0.1, 0.15) is 5.69 Å². The molecule has 0 saturated carbocycles. The lowest BCUT2D eigenvalue weighted by Crippen LogP contribution is -2.01. The molecular weight excluding hydrogens is 224 g/mol. The van der Waals surface area contributed by atoms with Crippen molar-refractivity contribution < 1.29 is 5.11 Å². The van der Waals surface area contributed by atoms with Gasteiger partial charge in [-0.1, -0.05) is 41.9 Å². The molecule has 16 heavy (non-hydrogen) atoms. The Labute approximate surface area is 99.3 Å². The van der Waals surface area contributed by atoms with E-state index in [9.17, 15) is 0 Å². The Balaban J connectivity index is 2.47. The number of imidazole rings is 1. The second-order valence-electron chi connectivity index (χ2n) is 3.57. The van der Waals surface area contributed by atoms with E-state index in [0.29, 0.717) is 11.6 Å². The molecule has 0 atom stereocenters. The lowest BCUT2D eigenvalue weighted by atomic mass is 10.2. The molecule has 0 bridgehead atoms. The van der Waals surface area contributed by atoms with Gasteiger partial charge in [-0.25, -0.2) is 4.98 Å². The summed E-state index contributed by atoms with van der Waals surface area (Å²) in [6.45, 7) is 0.0769. The first kappa shape index (κ1) is 11.2. The minimum atomic E-state index is 0.0769. The quantitative estimate of drug-likeness (QED) is 0.888. The third kappa shape index (κ3) is 1.96. The lowest BCUT2D eigenvalue weighted by Gasteiger charge is -2.04. The molecule has 3 nitrogen and oxygen atoms in total. The van der Waals surface area contributed by atoms with Gasteiger partial charge in [-0.15, -0.1) is 0 Å². The number of aromatic nitrogens is 2. The van der Waals surface area contributed by atoms with Crippen molar-refractivity contribution in [1.82, 2.24) is 9.55 Å². The molecule has 2 rings (SSSR count). The Morgan fingerprint density at radius 3 is 2.62 bits per heavy atom. The maximum atomic E-state index is 8.95. The molecule has 0 spiro atoms. The van der Waals surface area contributed by atoms with Crippen LogP contribution in [-0.2, 0) is 13.5 Å². The molecule has 0 saturated heterocycles. The van der Waals surface area contributed by atoms with Crippen LogP contribution in [0, 0.1) is 0 Å². The standard InChI is InChI=1S/C12H13ClN2O/c1-15-10(7-8-16)11(13)14-12(15)9-5-3-2-4-6-9/h2-6,16H,7-8H2,1H3. The molecule has 1 heterocycles. The first-order valence-corrected chi connectivity index (χ1v) is 5.49. The Morgan fingerprint density at radius 1 is 1.31 bits per heavy atom. The monoisotopic (exact) mass is 236 g/mol. The highest BCUT2D eigenvalue weighted by Crippen LogP contribution is 2.24. The highest BCUT2D eigenvalue weighted by Gasteiger charge is 2.13. The minimum Gasteiger partial charge on any atom is -0.396 e. The van der Waals surface area contributed by atoms with Crippen molar-refractivity contribution in [3.05, 3.63) is 41.2 Å². The molecule has 0 radical (unpaired) electrons. The summed E-state index contributed by atoms with van der Waals surface area (Å²) in [5, 5.41) is 9.42. The molecular formula is C12H13ClN2O. The average molecular weight is 237 g/mol. The van der Waals surface area contributed by atoms with E-state index in [1.165, 1.54) is 0 Å². The molecule has 1 N–H and O–H groups in total. The zero-order valence-electron chi connectivity index (χ0n) is 9.02. The number of hydrogen-bond donors (Lipinski definition) is 1. The van der Waals surface area contributed by atoms with Gasteiger partial charge in [-0.05, 0) is 0 Å². The van der Waals surface area contributed by atoms with E-state index in [-0.39, 0.29) is 6.61 Å². The summed E-state index contributed by atoms with van der Waals surface area (Å²) in [7, 11) is 1.91. The van der Waals surface area contributed by atoms with E-state index in [2.05, 4.69) is 4.98 Å². The van der Waals surface area contributed by atoms with Crippen LogP contribution in [0.15, 0.2) is 30.3 Å². The number of nitrogens with zero attached hydrogens (tertiary/aromatic N) is 2. The van der Waals surface area contributed by atoms with Crippen LogP contribution >= 0.6 is 11.6 Å². The fraction of sp³-hybridized carbons (Fsp3) is 0.250. The maximum absolute atomic E-state index is 8.95. The van der Waals surface area contributed by atoms with Gasteiger partial charge in [-0.3, -0.25) is 0 Å². The molecule has 1 aromatic carbocycles. The number of benzene rings is 1. The van der Waals surface area contributed by atoms with Gasteiger partial charge >= 0.3 is 0 Å². The number of rotatable bonds is 3. The molecule has 0 aliphatic carbocycles. The fourth-order valence-electron chi connectivity index (χ4n) is 1.72. The molecule has 0 aliphatic rings. The molecule has 0 fully saturated rings. The van der Waals surface area contributed by atoms with Crippen molar-refractivity contribution in [1.29, 1.82) is 0 Å². The molecule has 84 valence electrons. The zero-order chi connectivity index (χ0) is 11.5. The largest absolute Gasteiger partial charge is 0.396 e. The maximum Gasteiger partial charge on any atom is 0.151 e. The first-order chi connectivity index (χ1) is 7.74. The SMILES string of the molecule is Cn1c(-c2ccccc2)nc(Cl)c1CCO. The van der Waals surface area contributed by atoms with Gasteiger partial charge in [0, 0.05) is 25.6 Å². The molecule has 1 aromatic heterocycles. The fourth-order valence-corrected chi connectivity index (χ4v) is 2.02. The van der Waals surface area contributed by atoms with E-state index in [4.69, 9.17) is 16.7 Å². The summed E-state index contributed by atoms with van der Waals surface area (Å²) >= 11 is 6.04. The van der Waals surface area contributed by atoms with Crippen LogP contribution in [0.25, 0.3) is 11.4 Å². The van der Waals surface area contributed by atoms with Crippen LogP contribution in [0.3, 0.4) is 0 Å². The summed E-state index contributed by atoms with van der Waals surface area (Å²) in [4.78, 5) is 4.32. The van der Waals surface area contributed by atoms with Crippen molar-refractivity contribution in [2.75, 3.05) is 6.61 Å². The van der Waals surface area contributed by atoms with Gasteiger partial charge in [0.15, 0.2) is 5.15 Å². The Hall–Kier alpha value is -1.32. The average Bonchev–Trinajstić information content (AvgIpc) is 2.59. The molecule has 2 aromatic rings. The highest BCUT2D eigenvalue weighted by molar-refractivity contribution is 6.30. The van der Waals surface area contributed by atoms with Crippen molar-refractivity contribution in [3.8, 4) is 11.4 Å². The number of aliphatic hydroxyl groups is 1. The number of halogens is 1. The van der Waals surface area contributed by atoms with E-state index >= 15 is 0 Å². The van der Waals surface area contributed by atoms with Crippen LogP contribution in [0.5, 0.6) is 0 Å². The van der Waals surface area contributed by atoms with E-state index < -0.39 is 0 Å². The van der Waals surface area contributed by atoms with Gasteiger partial charge in [0.25, 0.3) is 0 Å². The second-order valence-corrected chi connectivity index (χ2v) is 3.93. The molecule has 4 heteroatoms. The highest BCUT2D eigenvalue weighted by atomic mass is 35.5. The van der Waals surface area contributed by atoms with Crippen molar-refractivity contribution in [2.45, 2.75) is 6.42 Å². The first-order valence-electron chi connectivity index (χ1n) is 5.11. The number of aliphatic hydroxyl groups excluding tert-OH is 1. The Kier molecular flexibility index (Phi) is 3.27. The van der Waals surface area contributed by atoms with Gasteiger partial charge in [-0.2, -0.15) is 0 Å². The van der Waals surface area contributed by atoms with E-state index in [1.807, 2.05) is 41.9 Å². The van der Waals surface area contributed by atoms with Gasteiger partial charge in [0.2, 0.25) is 0 Å². The lowest BCUT2D eigenvalue weighted by molar-refractivity contribution is 0.297. The van der Waals surface area contributed by atoms with Crippen molar-refractivity contribution >= 4 is 11.6 Å². The van der Waals surface area contributed by atoms with Crippen molar-refractivity contribution in [3.63, 3.8) is 0 Å². The van der Waals surface area contributed by atoms with Crippen LogP contribution < -0.4 is 0 Å². The summed E-state index contributed by atoms with van der Waals surface area (Å²) in [6, 6.07) is 9.86. The van der Waals surface area contributed by atoms with Crippen molar-refractivity contribution in [2.24, 2.45) is 7.05 Å². The predicted octanol–water partition coefficient (Wildman–Crippen LogP) is 2.28. The Morgan fingerprint density at radius 2 is 2.00 bits per heavy atom. The van der Waals surface area contributed by atoms with Crippen LogP contribution in [-0.4, -0.2) is 21.3 Å². The normalized spacial score (nSPS) is 10.7. The molecule has 0 aliphatic heterocycles.